The Morgan fingerprint density at radius 1 is 1.10 bits per heavy atom. The molecule has 0 aromatic heterocycles. The first-order valence-electron chi connectivity index (χ1n) is 6.55. The number of ketones is 1. The van der Waals surface area contributed by atoms with Gasteiger partial charge < -0.3 is 9.84 Å². The van der Waals surface area contributed by atoms with E-state index in [1.165, 1.54) is 0 Å². The number of aliphatic hydroxyl groups is 1. The molecule has 1 aliphatic carbocycles. The van der Waals surface area contributed by atoms with Crippen LogP contribution < -0.4 is 4.74 Å². The van der Waals surface area contributed by atoms with Crippen LogP contribution in [0.3, 0.4) is 0 Å². The summed E-state index contributed by atoms with van der Waals surface area (Å²) in [5, 5.41) is 10.6. The predicted molar refractivity (Wildman–Crippen MR) is 76.1 cm³/mol. The molecule has 3 nitrogen and oxygen atoms in total. The molecule has 2 aromatic rings. The summed E-state index contributed by atoms with van der Waals surface area (Å²) in [6.45, 7) is 1.79. The first-order valence-corrected chi connectivity index (χ1v) is 6.55. The highest BCUT2D eigenvalue weighted by Crippen LogP contribution is 2.47. The molecule has 102 valence electrons. The molecule has 2 aromatic carbocycles. The fourth-order valence-corrected chi connectivity index (χ4v) is 2.88. The van der Waals surface area contributed by atoms with Gasteiger partial charge in [-0.15, -0.1) is 0 Å². The quantitative estimate of drug-likeness (QED) is 0.911. The Labute approximate surface area is 117 Å². The van der Waals surface area contributed by atoms with E-state index in [1.54, 1.807) is 20.1 Å². The molecule has 0 fully saturated rings. The molecule has 0 saturated heterocycles. The zero-order valence-corrected chi connectivity index (χ0v) is 11.5. The van der Waals surface area contributed by atoms with E-state index in [9.17, 15) is 9.90 Å². The second-order valence-electron chi connectivity index (χ2n) is 5.25. The minimum atomic E-state index is -0.935. The largest absolute Gasteiger partial charge is 0.497 e. The van der Waals surface area contributed by atoms with Crippen molar-refractivity contribution in [2.75, 3.05) is 7.11 Å². The third kappa shape index (κ3) is 1.60. The lowest BCUT2D eigenvalue weighted by molar-refractivity contribution is 0.0683. The Morgan fingerprint density at radius 3 is 2.35 bits per heavy atom. The van der Waals surface area contributed by atoms with Gasteiger partial charge in [0.2, 0.25) is 0 Å². The molecule has 0 saturated carbocycles. The number of ether oxygens (including phenoxy) is 1. The minimum Gasteiger partial charge on any atom is -0.497 e. The van der Waals surface area contributed by atoms with Crippen LogP contribution in [0, 0.1) is 0 Å². The lowest BCUT2D eigenvalue weighted by Crippen LogP contribution is -2.33. The predicted octanol–water partition coefficient (Wildman–Crippen LogP) is 2.88. The van der Waals surface area contributed by atoms with Crippen LogP contribution in [0.4, 0.5) is 0 Å². The molecule has 0 spiro atoms. The summed E-state index contributed by atoms with van der Waals surface area (Å²) in [6, 6.07) is 14.5. The average molecular weight is 268 g/mol. The van der Waals surface area contributed by atoms with Gasteiger partial charge in [0.05, 0.1) is 18.6 Å². The van der Waals surface area contributed by atoms with Crippen LogP contribution in [0.1, 0.15) is 34.5 Å². The molecule has 2 unspecified atom stereocenters. The number of Topliss-reactive ketones (excluding diaryl/α,β-unsaturated/α-hetero) is 1. The molecule has 0 heterocycles. The first-order chi connectivity index (χ1) is 9.59. The van der Waals surface area contributed by atoms with Gasteiger partial charge in [0.25, 0.3) is 0 Å². The van der Waals surface area contributed by atoms with Crippen LogP contribution in [-0.2, 0) is 5.41 Å². The zero-order valence-electron chi connectivity index (χ0n) is 11.5. The standard InChI is InChI=1S/C17H16O3/c1-17(11-7-9-12(20-2)10-8-11)15(18)13-5-3-4-6-14(13)16(17)19/h3-10,15,18H,1-2H3. The second kappa shape index (κ2) is 4.46. The Hall–Kier alpha value is -2.13. The van der Waals surface area contributed by atoms with Gasteiger partial charge in [0, 0.05) is 5.56 Å². The fraction of sp³-hybridized carbons (Fsp3) is 0.235. The number of fused-ring (bicyclic) bond motifs is 1. The summed E-state index contributed by atoms with van der Waals surface area (Å²) in [6.07, 6.45) is -0.820. The van der Waals surface area contributed by atoms with E-state index in [1.807, 2.05) is 42.5 Å². The van der Waals surface area contributed by atoms with Gasteiger partial charge in [-0.2, -0.15) is 0 Å². The van der Waals surface area contributed by atoms with E-state index >= 15 is 0 Å². The number of hydrogen-bond acceptors (Lipinski definition) is 3. The van der Waals surface area contributed by atoms with Gasteiger partial charge in [0.1, 0.15) is 5.75 Å². The number of rotatable bonds is 2. The van der Waals surface area contributed by atoms with Crippen molar-refractivity contribution >= 4 is 5.78 Å². The third-order valence-corrected chi connectivity index (χ3v) is 4.21. The molecule has 2 atom stereocenters. The topological polar surface area (TPSA) is 46.5 Å². The van der Waals surface area contributed by atoms with Crippen LogP contribution in [-0.4, -0.2) is 18.0 Å². The van der Waals surface area contributed by atoms with E-state index in [4.69, 9.17) is 4.74 Å². The summed E-state index contributed by atoms with van der Waals surface area (Å²) in [5.41, 5.74) is 1.18. The summed E-state index contributed by atoms with van der Waals surface area (Å²) in [7, 11) is 1.60. The van der Waals surface area contributed by atoms with Crippen molar-refractivity contribution in [2.24, 2.45) is 0 Å². The van der Waals surface area contributed by atoms with Gasteiger partial charge in [0.15, 0.2) is 5.78 Å². The van der Waals surface area contributed by atoms with E-state index in [-0.39, 0.29) is 5.78 Å². The third-order valence-electron chi connectivity index (χ3n) is 4.21. The van der Waals surface area contributed by atoms with Gasteiger partial charge in [-0.05, 0) is 30.2 Å². The zero-order chi connectivity index (χ0) is 14.3. The Balaban J connectivity index is 2.11. The monoisotopic (exact) mass is 268 g/mol. The molecule has 0 radical (unpaired) electrons. The number of aliphatic hydroxyl groups excluding tert-OH is 1. The van der Waals surface area contributed by atoms with E-state index < -0.39 is 11.5 Å². The lowest BCUT2D eigenvalue weighted by Gasteiger charge is -2.27. The maximum absolute atomic E-state index is 12.7. The highest BCUT2D eigenvalue weighted by Gasteiger charge is 2.50. The van der Waals surface area contributed by atoms with Crippen LogP contribution in [0.25, 0.3) is 0 Å². The van der Waals surface area contributed by atoms with E-state index in [0.717, 1.165) is 11.3 Å². The number of methoxy groups -OCH3 is 1. The van der Waals surface area contributed by atoms with Crippen molar-refractivity contribution < 1.29 is 14.6 Å². The van der Waals surface area contributed by atoms with Crippen LogP contribution >= 0.6 is 0 Å². The lowest BCUT2D eigenvalue weighted by atomic mass is 9.77. The maximum Gasteiger partial charge on any atom is 0.176 e. The smallest absolute Gasteiger partial charge is 0.176 e. The summed E-state index contributed by atoms with van der Waals surface area (Å²) >= 11 is 0. The van der Waals surface area contributed by atoms with Crippen LogP contribution in [0.5, 0.6) is 5.75 Å². The van der Waals surface area contributed by atoms with Gasteiger partial charge in [-0.3, -0.25) is 4.79 Å². The molecule has 0 bridgehead atoms. The molecule has 3 rings (SSSR count). The molecular weight excluding hydrogens is 252 g/mol. The number of benzene rings is 2. The van der Waals surface area contributed by atoms with Gasteiger partial charge in [-0.25, -0.2) is 0 Å². The fourth-order valence-electron chi connectivity index (χ4n) is 2.88. The average Bonchev–Trinajstić information content (AvgIpc) is 2.71. The van der Waals surface area contributed by atoms with E-state index in [2.05, 4.69) is 0 Å². The van der Waals surface area contributed by atoms with Crippen LogP contribution in [0.15, 0.2) is 48.5 Å². The molecule has 0 aliphatic heterocycles. The Bertz CT molecular complexity index is 660. The summed E-state index contributed by atoms with van der Waals surface area (Å²) in [4.78, 5) is 12.7. The highest BCUT2D eigenvalue weighted by molar-refractivity contribution is 6.08. The van der Waals surface area contributed by atoms with Crippen molar-refractivity contribution in [3.05, 3.63) is 65.2 Å². The van der Waals surface area contributed by atoms with Crippen LogP contribution in [0.2, 0.25) is 0 Å². The van der Waals surface area contributed by atoms with Crippen molar-refractivity contribution in [3.8, 4) is 5.75 Å². The van der Waals surface area contributed by atoms with E-state index in [0.29, 0.717) is 11.1 Å². The minimum absolute atomic E-state index is 0.0363. The molecule has 3 heteroatoms. The summed E-state index contributed by atoms with van der Waals surface area (Å²) < 4.78 is 5.13. The number of hydrogen-bond donors (Lipinski definition) is 1. The van der Waals surface area contributed by atoms with Crippen molar-refractivity contribution in [1.29, 1.82) is 0 Å². The second-order valence-corrected chi connectivity index (χ2v) is 5.25. The molecular formula is C17H16O3. The van der Waals surface area contributed by atoms with Crippen molar-refractivity contribution in [3.63, 3.8) is 0 Å². The molecule has 0 amide bonds. The van der Waals surface area contributed by atoms with Crippen molar-refractivity contribution in [1.82, 2.24) is 0 Å². The van der Waals surface area contributed by atoms with Gasteiger partial charge >= 0.3 is 0 Å². The number of carbonyl (C=O) groups is 1. The molecule has 20 heavy (non-hydrogen) atoms. The SMILES string of the molecule is COc1ccc(C2(C)C(=O)c3ccccc3C2O)cc1. The molecule has 1 aliphatic rings. The van der Waals surface area contributed by atoms with Crippen molar-refractivity contribution in [2.45, 2.75) is 18.4 Å². The normalized spacial score (nSPS) is 24.6. The summed E-state index contributed by atoms with van der Waals surface area (Å²) in [5.74, 6) is 0.695. The Kier molecular flexibility index (Phi) is 2.87. The number of carbonyl (C=O) groups excluding carboxylic acids is 1. The maximum atomic E-state index is 12.7. The molecule has 1 N–H and O–H groups in total. The highest BCUT2D eigenvalue weighted by atomic mass is 16.5. The van der Waals surface area contributed by atoms with Gasteiger partial charge in [-0.1, -0.05) is 36.4 Å². The first kappa shape index (κ1) is 12.9. The Morgan fingerprint density at radius 2 is 1.75 bits per heavy atom.